The Bertz CT molecular complexity index is 1770. The molecule has 0 saturated carbocycles. The lowest BCUT2D eigenvalue weighted by Gasteiger charge is -2.24. The summed E-state index contributed by atoms with van der Waals surface area (Å²) in [5.41, 5.74) is 5.78. The molecule has 0 aliphatic heterocycles. The third-order valence-electron chi connectivity index (χ3n) is 15.7. The third-order valence-corrected chi connectivity index (χ3v) is 15.7. The van der Waals surface area contributed by atoms with E-state index in [-0.39, 0.29) is 106 Å². The summed E-state index contributed by atoms with van der Waals surface area (Å²) in [7, 11) is 6.48. The van der Waals surface area contributed by atoms with Gasteiger partial charge in [0.2, 0.25) is 0 Å². The number of carboxylic acid groups (broad SMARTS) is 1. The number of hydroxylamine groups is 2. The standard InChI is InChI=1S/C12H21N3O2.C12H21N3O.C10H16N2O2.3C7H16.3HI/c1-6-12(3,7-2)10-8-9(13-14-10)11(16)15(4)17-5;1-6-12(3,7-2)10-8-9(13-14-10)11(16)15(4)5;1-4-10(3,5-2)8-6-7(9(13)14)11-12-8;3*1-5-7(3,4)6-2;;;/h8H,6-7H2,1-5H3,(H,13,14);8H,6-7H2,1-5H3,(H,13,14);6H,4-5H2,1-3H3,(H,11,12)(H,13,14);3*5-6H2,1-4H3;3*1H. The molecule has 3 heterocycles. The summed E-state index contributed by atoms with van der Waals surface area (Å²) in [6.45, 7) is 46.4. The summed E-state index contributed by atoms with van der Waals surface area (Å²) >= 11 is 0. The number of hydrogen-bond donors (Lipinski definition) is 4. The highest BCUT2D eigenvalue weighted by Gasteiger charge is 2.28. The second-order valence-corrected chi connectivity index (χ2v) is 21.4. The first-order valence-corrected chi connectivity index (χ1v) is 25.8. The van der Waals surface area contributed by atoms with Gasteiger partial charge in [0.15, 0.2) is 11.4 Å². The minimum atomic E-state index is -0.984. The highest BCUT2D eigenvalue weighted by molar-refractivity contribution is 14.0. The maximum absolute atomic E-state index is 11.8. The summed E-state index contributed by atoms with van der Waals surface area (Å²) in [5, 5.41) is 30.5. The molecule has 71 heavy (non-hydrogen) atoms. The lowest BCUT2D eigenvalue weighted by Crippen LogP contribution is -2.25. The van der Waals surface area contributed by atoms with Crippen LogP contribution in [0.15, 0.2) is 18.2 Å². The molecule has 0 atom stereocenters. The number of nitrogens with one attached hydrogen (secondary N) is 3. The van der Waals surface area contributed by atoms with Crippen LogP contribution in [0.2, 0.25) is 0 Å². The van der Waals surface area contributed by atoms with Gasteiger partial charge in [-0.15, -0.1) is 71.9 Å². The molecule has 420 valence electrons. The monoisotopic (exact) mass is 1340 g/mol. The molecule has 0 fully saturated rings. The molecule has 16 heteroatoms. The SMILES string of the molecule is CCC(C)(C)CC.CCC(C)(C)CC.CCC(C)(C)CC.CCC(C)(CC)c1cc(C(=O)N(C)C)n[nH]1.CCC(C)(CC)c1cc(C(=O)N(C)OC)n[nH]1.CCC(C)(CC)c1cc(C(=O)O)n[nH]1.I.I.I. The zero-order valence-corrected chi connectivity index (χ0v) is 56.7. The van der Waals surface area contributed by atoms with E-state index in [1.807, 2.05) is 12.1 Å². The van der Waals surface area contributed by atoms with Crippen molar-refractivity contribution in [3.63, 3.8) is 0 Å². The van der Waals surface area contributed by atoms with Crippen LogP contribution in [-0.4, -0.2) is 91.7 Å². The van der Waals surface area contributed by atoms with Gasteiger partial charge in [-0.3, -0.25) is 29.7 Å². The number of amides is 2. The van der Waals surface area contributed by atoms with E-state index in [1.165, 1.54) is 50.5 Å². The Hall–Kier alpha value is -1.81. The number of aromatic nitrogens is 6. The molecule has 0 aromatic carbocycles. The van der Waals surface area contributed by atoms with Gasteiger partial charge in [-0.1, -0.05) is 184 Å². The first kappa shape index (κ1) is 80.6. The van der Waals surface area contributed by atoms with Crippen molar-refractivity contribution in [2.45, 2.75) is 239 Å². The minimum absolute atomic E-state index is 0. The number of rotatable bonds is 19. The molecular formula is C55H109I3N8O5. The molecule has 3 aromatic heterocycles. The quantitative estimate of drug-likeness (QED) is 0.0678. The number of aromatic carboxylic acids is 1. The van der Waals surface area contributed by atoms with Gasteiger partial charge in [0, 0.05) is 54.5 Å². The van der Waals surface area contributed by atoms with E-state index >= 15 is 0 Å². The van der Waals surface area contributed by atoms with Crippen molar-refractivity contribution in [1.29, 1.82) is 0 Å². The van der Waals surface area contributed by atoms with E-state index < -0.39 is 5.97 Å². The van der Waals surface area contributed by atoms with Crippen molar-refractivity contribution in [2.24, 2.45) is 16.2 Å². The van der Waals surface area contributed by atoms with Gasteiger partial charge in [-0.25, -0.2) is 9.86 Å². The van der Waals surface area contributed by atoms with Gasteiger partial charge in [0.1, 0.15) is 5.69 Å². The number of carboxylic acids is 1. The topological polar surface area (TPSA) is 173 Å². The molecule has 0 unspecified atom stereocenters. The molecule has 0 saturated heterocycles. The van der Waals surface area contributed by atoms with E-state index in [1.54, 1.807) is 27.2 Å². The van der Waals surface area contributed by atoms with Crippen molar-refractivity contribution < 1.29 is 24.3 Å². The molecule has 0 aliphatic rings. The second kappa shape index (κ2) is 38.7. The Morgan fingerprint density at radius 2 is 0.676 bits per heavy atom. The maximum Gasteiger partial charge on any atom is 0.356 e. The minimum Gasteiger partial charge on any atom is -0.476 e. The van der Waals surface area contributed by atoms with E-state index in [4.69, 9.17) is 9.94 Å². The van der Waals surface area contributed by atoms with Crippen molar-refractivity contribution in [1.82, 2.24) is 40.6 Å². The summed E-state index contributed by atoms with van der Waals surface area (Å²) in [6.07, 6.45) is 13.8. The molecule has 13 nitrogen and oxygen atoms in total. The van der Waals surface area contributed by atoms with Gasteiger partial charge in [-0.05, 0) is 73.0 Å². The van der Waals surface area contributed by atoms with Crippen LogP contribution in [-0.2, 0) is 21.1 Å². The van der Waals surface area contributed by atoms with Crippen molar-refractivity contribution in [3.8, 4) is 0 Å². The summed E-state index contributed by atoms with van der Waals surface area (Å²) in [5.74, 6) is -1.29. The van der Waals surface area contributed by atoms with Crippen LogP contribution in [0.25, 0.3) is 0 Å². The first-order valence-electron chi connectivity index (χ1n) is 25.8. The van der Waals surface area contributed by atoms with Gasteiger partial charge < -0.3 is 10.0 Å². The fourth-order valence-corrected chi connectivity index (χ4v) is 5.34. The maximum atomic E-state index is 11.8. The largest absolute Gasteiger partial charge is 0.476 e. The summed E-state index contributed by atoms with van der Waals surface area (Å²) < 4.78 is 0. The Balaban J connectivity index is -0.000000184. The number of aromatic amines is 3. The van der Waals surface area contributed by atoms with E-state index in [2.05, 4.69) is 176 Å². The predicted octanol–water partition coefficient (Wildman–Crippen LogP) is 16.8. The number of carbonyl (C=O) groups is 3. The molecule has 0 radical (unpaired) electrons. The summed E-state index contributed by atoms with van der Waals surface area (Å²) in [4.78, 5) is 40.5. The van der Waals surface area contributed by atoms with Gasteiger partial charge in [0.05, 0.1) is 7.11 Å². The van der Waals surface area contributed by atoms with Gasteiger partial charge in [-0.2, -0.15) is 15.3 Å². The van der Waals surface area contributed by atoms with Crippen molar-refractivity contribution >= 4 is 89.7 Å². The number of halogens is 3. The lowest BCUT2D eigenvalue weighted by atomic mass is 9.81. The zero-order chi connectivity index (χ0) is 53.9. The molecule has 2 amide bonds. The van der Waals surface area contributed by atoms with Crippen molar-refractivity contribution in [2.75, 3.05) is 28.3 Å². The van der Waals surface area contributed by atoms with Crippen LogP contribution >= 0.6 is 71.9 Å². The van der Waals surface area contributed by atoms with Crippen LogP contribution in [0.1, 0.15) is 271 Å². The third kappa shape index (κ3) is 29.2. The van der Waals surface area contributed by atoms with Gasteiger partial charge in [0.25, 0.3) is 11.8 Å². The summed E-state index contributed by atoms with van der Waals surface area (Å²) in [6, 6.07) is 5.30. The highest BCUT2D eigenvalue weighted by Crippen LogP contribution is 2.32. The number of nitrogens with zero attached hydrogens (tertiary/aromatic N) is 5. The molecule has 4 N–H and O–H groups in total. The Morgan fingerprint density at radius 1 is 0.451 bits per heavy atom. The lowest BCUT2D eigenvalue weighted by molar-refractivity contribution is -0.0760. The van der Waals surface area contributed by atoms with E-state index in [9.17, 15) is 14.4 Å². The molecule has 0 aliphatic carbocycles. The second-order valence-electron chi connectivity index (χ2n) is 21.4. The molecule has 3 aromatic rings. The Kier molecular flexibility index (Phi) is 43.9. The van der Waals surface area contributed by atoms with Crippen molar-refractivity contribution in [3.05, 3.63) is 52.4 Å². The van der Waals surface area contributed by atoms with Crippen LogP contribution in [0.3, 0.4) is 0 Å². The number of H-pyrrole nitrogens is 3. The zero-order valence-electron chi connectivity index (χ0n) is 49.8. The molecule has 0 bridgehead atoms. The average molecular weight is 1340 g/mol. The normalized spacial score (nSPS) is 11.2. The van der Waals surface area contributed by atoms with Crippen LogP contribution in [0.5, 0.6) is 0 Å². The molecule has 0 spiro atoms. The first-order chi connectivity index (χ1) is 31.3. The van der Waals surface area contributed by atoms with E-state index in [0.29, 0.717) is 27.6 Å². The fraction of sp³-hybridized carbons (Fsp3) is 0.782. The average Bonchev–Trinajstić information content (AvgIpc) is 4.17. The molecular weight excluding hydrogens is 1230 g/mol. The van der Waals surface area contributed by atoms with Crippen LogP contribution in [0.4, 0.5) is 0 Å². The Labute approximate surface area is 486 Å². The number of hydrogen-bond acceptors (Lipinski definition) is 7. The molecule has 3 rings (SSSR count). The van der Waals surface area contributed by atoms with E-state index in [0.717, 1.165) is 60.7 Å². The van der Waals surface area contributed by atoms with Crippen LogP contribution < -0.4 is 0 Å². The van der Waals surface area contributed by atoms with Gasteiger partial charge >= 0.3 is 5.97 Å². The highest BCUT2D eigenvalue weighted by atomic mass is 127. The Morgan fingerprint density at radius 3 is 0.845 bits per heavy atom. The van der Waals surface area contributed by atoms with Crippen LogP contribution in [0, 0.1) is 16.2 Å². The predicted molar refractivity (Wildman–Crippen MR) is 333 cm³/mol. The fourth-order valence-electron chi connectivity index (χ4n) is 5.34. The smallest absolute Gasteiger partial charge is 0.356 e. The number of carbonyl (C=O) groups excluding carboxylic acids is 2.